The molecular formula is C19H15F4NO. The van der Waals surface area contributed by atoms with Gasteiger partial charge in [-0.3, -0.25) is 4.79 Å². The zero-order valence-electron chi connectivity index (χ0n) is 13.4. The quantitative estimate of drug-likeness (QED) is 0.710. The summed E-state index contributed by atoms with van der Waals surface area (Å²) in [5.74, 6) is -0.882. The van der Waals surface area contributed by atoms with Crippen molar-refractivity contribution in [1.82, 2.24) is 0 Å². The first-order valence-corrected chi connectivity index (χ1v) is 7.78. The number of hydrogen-bond acceptors (Lipinski definition) is 1. The lowest BCUT2D eigenvalue weighted by atomic mass is 10.0. The van der Waals surface area contributed by atoms with Gasteiger partial charge in [-0.15, -0.1) is 0 Å². The summed E-state index contributed by atoms with van der Waals surface area (Å²) in [6.07, 6.45) is -3.93. The van der Waals surface area contributed by atoms with Crippen LogP contribution in [-0.2, 0) is 11.0 Å². The van der Waals surface area contributed by atoms with E-state index in [0.29, 0.717) is 17.6 Å². The van der Waals surface area contributed by atoms with Gasteiger partial charge in [-0.1, -0.05) is 25.1 Å². The van der Waals surface area contributed by atoms with Crippen molar-refractivity contribution < 1.29 is 22.4 Å². The van der Waals surface area contributed by atoms with E-state index in [1.807, 2.05) is 6.92 Å². The Kier molecular flexibility index (Phi) is 4.37. The van der Waals surface area contributed by atoms with Crippen LogP contribution < -0.4 is 4.90 Å². The van der Waals surface area contributed by atoms with Gasteiger partial charge in [0, 0.05) is 17.8 Å². The third-order valence-corrected chi connectivity index (χ3v) is 4.19. The molecule has 0 saturated heterocycles. The molecule has 3 rings (SSSR count). The van der Waals surface area contributed by atoms with Gasteiger partial charge in [-0.05, 0) is 47.9 Å². The second-order valence-corrected chi connectivity index (χ2v) is 5.78. The number of halogens is 4. The van der Waals surface area contributed by atoms with Crippen molar-refractivity contribution in [3.8, 4) is 0 Å². The summed E-state index contributed by atoms with van der Waals surface area (Å²) >= 11 is 0. The molecule has 130 valence electrons. The molecule has 0 bridgehead atoms. The van der Waals surface area contributed by atoms with Crippen LogP contribution in [0.5, 0.6) is 0 Å². The summed E-state index contributed by atoms with van der Waals surface area (Å²) in [7, 11) is 0. The van der Waals surface area contributed by atoms with E-state index in [2.05, 4.69) is 0 Å². The summed E-state index contributed by atoms with van der Waals surface area (Å²) in [5, 5.41) is 0. The lowest BCUT2D eigenvalue weighted by Gasteiger charge is -2.19. The van der Waals surface area contributed by atoms with Crippen LogP contribution in [0.4, 0.5) is 23.2 Å². The van der Waals surface area contributed by atoms with Gasteiger partial charge in [-0.25, -0.2) is 4.39 Å². The SMILES string of the molecule is CCC1=C(c2cccc(F)c2)C(=O)N(c2cccc(C(F)(F)F)c2)C1. The van der Waals surface area contributed by atoms with Crippen LogP contribution >= 0.6 is 0 Å². The number of carbonyl (C=O) groups excluding carboxylic acids is 1. The highest BCUT2D eigenvalue weighted by atomic mass is 19.4. The molecular weight excluding hydrogens is 334 g/mol. The van der Waals surface area contributed by atoms with Crippen LogP contribution in [0.25, 0.3) is 5.57 Å². The Bertz CT molecular complexity index is 854. The first-order chi connectivity index (χ1) is 11.8. The first kappa shape index (κ1) is 17.2. The molecule has 1 aliphatic heterocycles. The first-order valence-electron chi connectivity index (χ1n) is 7.78. The molecule has 2 aromatic carbocycles. The molecule has 0 spiro atoms. The lowest BCUT2D eigenvalue weighted by molar-refractivity contribution is -0.137. The molecule has 0 N–H and O–H groups in total. The number of amides is 1. The Labute approximate surface area is 142 Å². The van der Waals surface area contributed by atoms with E-state index in [9.17, 15) is 22.4 Å². The minimum atomic E-state index is -4.48. The molecule has 1 aliphatic rings. The maximum atomic E-state index is 13.5. The normalized spacial score (nSPS) is 15.2. The zero-order chi connectivity index (χ0) is 18.2. The number of anilines is 1. The smallest absolute Gasteiger partial charge is 0.304 e. The third kappa shape index (κ3) is 3.29. The molecule has 25 heavy (non-hydrogen) atoms. The number of carbonyl (C=O) groups is 1. The Balaban J connectivity index is 1.99. The fraction of sp³-hybridized carbons (Fsp3) is 0.211. The van der Waals surface area contributed by atoms with Crippen molar-refractivity contribution in [3.63, 3.8) is 0 Å². The Morgan fingerprint density at radius 1 is 1.08 bits per heavy atom. The van der Waals surface area contributed by atoms with Crippen LogP contribution in [0.2, 0.25) is 0 Å². The second kappa shape index (κ2) is 6.35. The number of alkyl halides is 3. The predicted octanol–water partition coefficient (Wildman–Crippen LogP) is 5.05. The zero-order valence-corrected chi connectivity index (χ0v) is 13.4. The van der Waals surface area contributed by atoms with Crippen LogP contribution in [-0.4, -0.2) is 12.5 Å². The molecule has 0 saturated carbocycles. The highest BCUT2D eigenvalue weighted by Crippen LogP contribution is 2.36. The van der Waals surface area contributed by atoms with Gasteiger partial charge in [0.1, 0.15) is 5.82 Å². The number of rotatable bonds is 3. The molecule has 0 aliphatic carbocycles. The van der Waals surface area contributed by atoms with E-state index in [1.54, 1.807) is 6.07 Å². The molecule has 1 heterocycles. The van der Waals surface area contributed by atoms with Crippen LogP contribution in [0.15, 0.2) is 54.1 Å². The van der Waals surface area contributed by atoms with E-state index in [1.165, 1.54) is 35.2 Å². The van der Waals surface area contributed by atoms with Gasteiger partial charge in [0.15, 0.2) is 0 Å². The second-order valence-electron chi connectivity index (χ2n) is 5.78. The molecule has 2 aromatic rings. The number of hydrogen-bond donors (Lipinski definition) is 0. The molecule has 0 atom stereocenters. The van der Waals surface area contributed by atoms with Gasteiger partial charge in [0.05, 0.1) is 5.56 Å². The summed E-state index contributed by atoms with van der Waals surface area (Å²) in [6.45, 7) is 2.06. The van der Waals surface area contributed by atoms with Crippen LogP contribution in [0, 0.1) is 5.82 Å². The topological polar surface area (TPSA) is 20.3 Å². The van der Waals surface area contributed by atoms with Crippen LogP contribution in [0.3, 0.4) is 0 Å². The predicted molar refractivity (Wildman–Crippen MR) is 87.4 cm³/mol. The minimum Gasteiger partial charge on any atom is -0.304 e. The molecule has 0 radical (unpaired) electrons. The van der Waals surface area contributed by atoms with E-state index in [0.717, 1.165) is 17.7 Å². The third-order valence-electron chi connectivity index (χ3n) is 4.19. The number of benzene rings is 2. The standard InChI is InChI=1S/C19H15F4NO/c1-2-12-11-24(16-8-4-6-14(10-16)19(21,22)23)18(25)17(12)13-5-3-7-15(20)9-13/h3-10H,2,11H2,1H3. The molecule has 0 aromatic heterocycles. The van der Waals surface area contributed by atoms with Crippen LogP contribution in [0.1, 0.15) is 24.5 Å². The largest absolute Gasteiger partial charge is 0.416 e. The average molecular weight is 349 g/mol. The van der Waals surface area contributed by atoms with E-state index >= 15 is 0 Å². The van der Waals surface area contributed by atoms with E-state index in [4.69, 9.17) is 0 Å². The molecule has 0 fully saturated rings. The Morgan fingerprint density at radius 2 is 1.80 bits per heavy atom. The van der Waals surface area contributed by atoms with Gasteiger partial charge in [-0.2, -0.15) is 13.2 Å². The minimum absolute atomic E-state index is 0.178. The summed E-state index contributed by atoms with van der Waals surface area (Å²) in [4.78, 5) is 14.1. The van der Waals surface area contributed by atoms with Gasteiger partial charge in [0.2, 0.25) is 0 Å². The van der Waals surface area contributed by atoms with Crippen molar-refractivity contribution in [2.75, 3.05) is 11.4 Å². The maximum absolute atomic E-state index is 13.5. The summed E-state index contributed by atoms with van der Waals surface area (Å²) in [6, 6.07) is 10.3. The summed E-state index contributed by atoms with van der Waals surface area (Å²) < 4.78 is 52.3. The Hall–Kier alpha value is -2.63. The van der Waals surface area contributed by atoms with Crippen molar-refractivity contribution in [2.45, 2.75) is 19.5 Å². The molecule has 6 heteroatoms. The summed E-state index contributed by atoms with van der Waals surface area (Å²) in [5.41, 5.74) is 0.941. The fourth-order valence-corrected chi connectivity index (χ4v) is 2.95. The average Bonchev–Trinajstić information content (AvgIpc) is 2.91. The number of nitrogens with zero attached hydrogens (tertiary/aromatic N) is 1. The van der Waals surface area contributed by atoms with Gasteiger partial charge < -0.3 is 4.90 Å². The monoisotopic (exact) mass is 349 g/mol. The van der Waals surface area contributed by atoms with Gasteiger partial charge >= 0.3 is 6.18 Å². The lowest BCUT2D eigenvalue weighted by Crippen LogP contribution is -2.27. The molecule has 2 nitrogen and oxygen atoms in total. The van der Waals surface area contributed by atoms with Gasteiger partial charge in [0.25, 0.3) is 5.91 Å². The highest BCUT2D eigenvalue weighted by molar-refractivity contribution is 6.29. The molecule has 0 unspecified atom stereocenters. The van der Waals surface area contributed by atoms with E-state index < -0.39 is 23.5 Å². The van der Waals surface area contributed by atoms with Crippen molar-refractivity contribution in [1.29, 1.82) is 0 Å². The fourth-order valence-electron chi connectivity index (χ4n) is 2.95. The van der Waals surface area contributed by atoms with Crippen molar-refractivity contribution in [2.24, 2.45) is 0 Å². The van der Waals surface area contributed by atoms with Crippen molar-refractivity contribution in [3.05, 3.63) is 71.0 Å². The van der Waals surface area contributed by atoms with E-state index in [-0.39, 0.29) is 12.2 Å². The van der Waals surface area contributed by atoms with Crippen molar-refractivity contribution >= 4 is 17.2 Å². The Morgan fingerprint density at radius 3 is 2.44 bits per heavy atom. The highest BCUT2D eigenvalue weighted by Gasteiger charge is 2.34. The molecule has 1 amide bonds. The maximum Gasteiger partial charge on any atom is 0.416 e.